The molecule has 0 saturated heterocycles. The monoisotopic (exact) mass is 133 g/mol. The second kappa shape index (κ2) is 3.82. The third-order valence-corrected chi connectivity index (χ3v) is 0.547. The predicted molar refractivity (Wildman–Crippen MR) is 20.7 cm³/mol. The molecule has 0 aliphatic rings. The maximum Gasteiger partial charge on any atom is 1.00 e. The van der Waals surface area contributed by atoms with Crippen molar-refractivity contribution in [3.63, 3.8) is 0 Å². The van der Waals surface area contributed by atoms with Crippen LogP contribution in [-0.4, -0.2) is 18.8 Å². The first-order chi connectivity index (χ1) is 2.56. The van der Waals surface area contributed by atoms with Crippen LogP contribution in [0.4, 0.5) is 0 Å². The summed E-state index contributed by atoms with van der Waals surface area (Å²) in [5.41, 5.74) is 6.02. The fourth-order valence-corrected chi connectivity index (χ4v) is 0. The van der Waals surface area contributed by atoms with Crippen molar-refractivity contribution < 1.29 is 42.5 Å². The van der Waals surface area contributed by atoms with E-state index in [0.29, 0.717) is 0 Å². The van der Waals surface area contributed by atoms with Gasteiger partial charge >= 0.3 is 29.6 Å². The Balaban J connectivity index is 0. The average Bonchev–Trinajstić information content (AvgIpc) is 1.35. The van der Waals surface area contributed by atoms with Crippen LogP contribution in [0.2, 0.25) is 0 Å². The molecule has 0 rings (SSSR count). The molecule has 0 fully saturated rings. The van der Waals surface area contributed by atoms with Gasteiger partial charge in [-0.3, -0.25) is 4.55 Å². The smallest absolute Gasteiger partial charge is 0.663 e. The minimum absolute atomic E-state index is 0. The van der Waals surface area contributed by atoms with Crippen LogP contribution in [0.25, 0.3) is 5.73 Å². The molecule has 0 heterocycles. The Morgan fingerprint density at radius 3 is 1.71 bits per heavy atom. The minimum Gasteiger partial charge on any atom is -0.663 e. The van der Waals surface area contributed by atoms with Crippen molar-refractivity contribution in [1.29, 1.82) is 0 Å². The van der Waals surface area contributed by atoms with Gasteiger partial charge < -0.3 is 5.73 Å². The Bertz CT molecular complexity index is 117. The van der Waals surface area contributed by atoms with E-state index in [9.17, 15) is 8.42 Å². The molecule has 0 bridgehead atoms. The van der Waals surface area contributed by atoms with Crippen molar-refractivity contribution in [2.24, 2.45) is 0 Å². The van der Waals surface area contributed by atoms with E-state index in [1.54, 1.807) is 0 Å². The molecule has 0 amide bonds. The summed E-state index contributed by atoms with van der Waals surface area (Å²) >= 11 is 0. The zero-order chi connectivity index (χ0) is 5.21. The van der Waals surface area contributed by atoms with Gasteiger partial charge in [0.25, 0.3) is 0 Å². The molecule has 7 heavy (non-hydrogen) atoms. The minimum atomic E-state index is -4.00. The number of nitrogens with one attached hydrogen (secondary N) is 1. The summed E-state index contributed by atoms with van der Waals surface area (Å²) in [4.78, 5) is 0. The van der Waals surface area contributed by atoms with Crippen LogP contribution in [0, 0.1) is 0 Å². The molecule has 0 saturated carbocycles. The topological polar surface area (TPSA) is 78.2 Å². The van der Waals surface area contributed by atoms with E-state index in [-0.39, 0.29) is 29.6 Å². The average molecular weight is 133 g/mol. The van der Waals surface area contributed by atoms with Crippen LogP contribution in [0.3, 0.4) is 0 Å². The van der Waals surface area contributed by atoms with Gasteiger partial charge in [-0.15, -0.1) is 0 Å². The molecule has 0 radical (unpaired) electrons. The van der Waals surface area contributed by atoms with Gasteiger partial charge in [0.2, 0.25) is 10.1 Å². The second-order valence-corrected chi connectivity index (χ2v) is 2.18. The molecule has 0 aromatic heterocycles. The zero-order valence-corrected chi connectivity index (χ0v) is 6.70. The van der Waals surface area contributed by atoms with Gasteiger partial charge in [0.15, 0.2) is 0 Å². The second-order valence-electron chi connectivity index (χ2n) is 0.726. The molecule has 0 aliphatic carbocycles. The van der Waals surface area contributed by atoms with Crippen LogP contribution < -0.4 is 29.6 Å². The molecule has 0 aromatic rings. The Hall–Kier alpha value is 0.870. The molecule has 0 atom stereocenters. The van der Waals surface area contributed by atoms with Crippen molar-refractivity contribution >= 4 is 10.1 Å². The van der Waals surface area contributed by atoms with Crippen molar-refractivity contribution in [2.75, 3.05) is 5.88 Å². The summed E-state index contributed by atoms with van der Waals surface area (Å²) in [6, 6.07) is 0. The summed E-state index contributed by atoms with van der Waals surface area (Å²) in [5, 5.41) is 0. The van der Waals surface area contributed by atoms with Crippen molar-refractivity contribution in [3.8, 4) is 0 Å². The van der Waals surface area contributed by atoms with E-state index in [1.165, 1.54) is 0 Å². The Morgan fingerprint density at radius 1 is 1.57 bits per heavy atom. The van der Waals surface area contributed by atoms with E-state index in [1.807, 2.05) is 0 Å². The number of hydrogen-bond donors (Lipinski definition) is 1. The van der Waals surface area contributed by atoms with Crippen LogP contribution in [-0.2, 0) is 10.1 Å². The van der Waals surface area contributed by atoms with E-state index in [4.69, 9.17) is 10.3 Å². The van der Waals surface area contributed by atoms with Crippen molar-refractivity contribution in [3.05, 3.63) is 5.73 Å². The van der Waals surface area contributed by atoms with Gasteiger partial charge in [0.1, 0.15) is 0 Å². The SMILES string of the molecule is [NH-]CS(=O)(=O)O.[Na+]. The van der Waals surface area contributed by atoms with Crippen LogP contribution in [0.15, 0.2) is 0 Å². The summed E-state index contributed by atoms with van der Waals surface area (Å²) in [6.45, 7) is 0. The Morgan fingerprint density at radius 2 is 1.71 bits per heavy atom. The van der Waals surface area contributed by atoms with Gasteiger partial charge in [-0.05, 0) is 5.88 Å². The van der Waals surface area contributed by atoms with Gasteiger partial charge in [-0.1, -0.05) is 0 Å². The molecule has 4 nitrogen and oxygen atoms in total. The van der Waals surface area contributed by atoms with Gasteiger partial charge in [-0.2, -0.15) is 0 Å². The summed E-state index contributed by atoms with van der Waals surface area (Å²) in [5.74, 6) is -0.951. The molecular weight excluding hydrogens is 129 g/mol. The number of hydrogen-bond acceptors (Lipinski definition) is 2. The maximum absolute atomic E-state index is 9.37. The molecule has 6 heteroatoms. The quantitative estimate of drug-likeness (QED) is 0.304. The predicted octanol–water partition coefficient (Wildman–Crippen LogP) is -3.11. The molecule has 0 aromatic carbocycles. The van der Waals surface area contributed by atoms with Gasteiger partial charge in [-0.25, -0.2) is 8.42 Å². The molecular formula is CH4NNaO3S. The van der Waals surface area contributed by atoms with Crippen LogP contribution in [0.5, 0.6) is 0 Å². The van der Waals surface area contributed by atoms with E-state index < -0.39 is 16.0 Å². The number of rotatable bonds is 1. The first kappa shape index (κ1) is 10.8. The van der Waals surface area contributed by atoms with Crippen molar-refractivity contribution in [1.82, 2.24) is 0 Å². The molecule has 2 N–H and O–H groups in total. The fourth-order valence-electron chi connectivity index (χ4n) is 0. The van der Waals surface area contributed by atoms with E-state index >= 15 is 0 Å². The fraction of sp³-hybridized carbons (Fsp3) is 1.00. The van der Waals surface area contributed by atoms with E-state index in [2.05, 4.69) is 0 Å². The van der Waals surface area contributed by atoms with Gasteiger partial charge in [0.05, 0.1) is 0 Å². The Labute approximate surface area is 64.1 Å². The third-order valence-electron chi connectivity index (χ3n) is 0.182. The normalized spacial score (nSPS) is 10.0. The molecule has 0 unspecified atom stereocenters. The van der Waals surface area contributed by atoms with Crippen LogP contribution >= 0.6 is 0 Å². The van der Waals surface area contributed by atoms with Crippen molar-refractivity contribution in [2.45, 2.75) is 0 Å². The first-order valence-corrected chi connectivity index (χ1v) is 2.77. The van der Waals surface area contributed by atoms with E-state index in [0.717, 1.165) is 0 Å². The summed E-state index contributed by atoms with van der Waals surface area (Å²) < 4.78 is 26.3. The molecule has 0 spiro atoms. The largest absolute Gasteiger partial charge is 1.00 e. The Kier molecular flexibility index (Phi) is 5.89. The summed E-state index contributed by atoms with van der Waals surface area (Å²) in [7, 11) is -4.00. The first-order valence-electron chi connectivity index (χ1n) is 1.16. The van der Waals surface area contributed by atoms with Crippen LogP contribution in [0.1, 0.15) is 0 Å². The van der Waals surface area contributed by atoms with Gasteiger partial charge in [0, 0.05) is 0 Å². The third kappa shape index (κ3) is 10.9. The zero-order valence-electron chi connectivity index (χ0n) is 3.88. The standard InChI is InChI=1S/CH4NO3S.Na/c2-1-6(3,4)5;/h2H,1H2,(H,3,4,5);/q-1;+1. The molecule has 38 valence electrons. The molecule has 0 aliphatic heterocycles. The maximum atomic E-state index is 9.37. The summed E-state index contributed by atoms with van der Waals surface area (Å²) in [6.07, 6.45) is 0.